The molecule has 0 aromatic carbocycles. The second-order valence-electron chi connectivity index (χ2n) is 1.57. The van der Waals surface area contributed by atoms with Crippen LogP contribution in [-0.2, 0) is 22.6 Å². The monoisotopic (exact) mass is 340 g/mol. The zero-order valence-electron chi connectivity index (χ0n) is 7.41. The molecule has 0 aliphatic carbocycles. The summed E-state index contributed by atoms with van der Waals surface area (Å²) >= 11 is 0. The summed E-state index contributed by atoms with van der Waals surface area (Å²) in [6, 6.07) is 0. The molecular weight excluding hydrogens is 332 g/mol. The molecule has 0 amide bonds. The van der Waals surface area contributed by atoms with Crippen LogP contribution >= 0.6 is 32.2 Å². The molecule has 0 aliphatic rings. The second-order valence-corrected chi connectivity index (χ2v) is 5.19. The fourth-order valence-corrected chi connectivity index (χ4v) is 1.25. The summed E-state index contributed by atoms with van der Waals surface area (Å²) in [5.41, 5.74) is 0. The molecule has 0 bridgehead atoms. The average molecular weight is 340 g/mol. The lowest BCUT2D eigenvalue weighted by atomic mass is 15.7. The maximum Gasteiger partial charge on any atom is 0.692 e. The third-order valence-electron chi connectivity index (χ3n) is 0.213. The summed E-state index contributed by atoms with van der Waals surface area (Å²) in [5.74, 6) is 0. The molecule has 17 heavy (non-hydrogen) atoms. The molecule has 8 N–H and O–H groups in total. The normalized spacial score (nSPS) is 10.4. The molecular formula is H8O13P4+2. The van der Waals surface area contributed by atoms with Gasteiger partial charge >= 0.3 is 32.2 Å². The average Bonchev–Trinajstić information content (AvgIpc) is 1.70. The van der Waals surface area contributed by atoms with Crippen LogP contribution in [-0.4, -0.2) is 39.1 Å². The van der Waals surface area contributed by atoms with Crippen LogP contribution in [0.3, 0.4) is 0 Å². The van der Waals surface area contributed by atoms with E-state index in [0.29, 0.717) is 0 Å². The highest BCUT2D eigenvalue weighted by Crippen LogP contribution is 2.53. The standard InChI is InChI=1S/H4O7P2.2HO3P/c1-8(2,3)7-9(4,5)6;2*1-4(2)3/h(H2,1,2,3)(H2,4,5,6);2*(H-,1,2,3)/p+2. The molecule has 0 rings (SSSR count). The van der Waals surface area contributed by atoms with Gasteiger partial charge < -0.3 is 19.6 Å². The predicted molar refractivity (Wildman–Crippen MR) is 49.3 cm³/mol. The molecule has 0 saturated heterocycles. The van der Waals surface area contributed by atoms with Crippen molar-refractivity contribution in [2.75, 3.05) is 0 Å². The van der Waals surface area contributed by atoms with Gasteiger partial charge in [0.25, 0.3) is 0 Å². The highest BCUT2D eigenvalue weighted by molar-refractivity contribution is 7.60. The third-order valence-corrected chi connectivity index (χ3v) is 1.91. The van der Waals surface area contributed by atoms with E-state index in [2.05, 4.69) is 4.31 Å². The van der Waals surface area contributed by atoms with Gasteiger partial charge in [0, 0.05) is 9.13 Å². The van der Waals surface area contributed by atoms with Crippen molar-refractivity contribution in [3.63, 3.8) is 0 Å². The highest BCUT2D eigenvalue weighted by Gasteiger charge is 2.27. The van der Waals surface area contributed by atoms with Crippen molar-refractivity contribution in [2.45, 2.75) is 0 Å². The Bertz CT molecular complexity index is 274. The molecule has 0 fully saturated rings. The first-order valence-electron chi connectivity index (χ1n) is 2.70. The van der Waals surface area contributed by atoms with Crippen LogP contribution in [0.2, 0.25) is 0 Å². The van der Waals surface area contributed by atoms with Crippen LogP contribution in [0.15, 0.2) is 0 Å². The highest BCUT2D eigenvalue weighted by atomic mass is 31.3. The summed E-state index contributed by atoms with van der Waals surface area (Å²) in [6.07, 6.45) is 0. The Kier molecular flexibility index (Phi) is 13.5. The van der Waals surface area contributed by atoms with Gasteiger partial charge in [-0.1, -0.05) is 0 Å². The first kappa shape index (κ1) is 22.5. The van der Waals surface area contributed by atoms with Crippen molar-refractivity contribution in [1.29, 1.82) is 0 Å². The van der Waals surface area contributed by atoms with Gasteiger partial charge in [0.1, 0.15) is 0 Å². The van der Waals surface area contributed by atoms with E-state index in [1.165, 1.54) is 0 Å². The van der Waals surface area contributed by atoms with E-state index in [0.717, 1.165) is 0 Å². The molecule has 0 saturated carbocycles. The molecule has 0 aliphatic heterocycles. The molecule has 0 aromatic heterocycles. The van der Waals surface area contributed by atoms with Crippen LogP contribution in [0.1, 0.15) is 0 Å². The molecule has 0 spiro atoms. The number of hydrogen-bond acceptors (Lipinski definition) is 5. The lowest BCUT2D eigenvalue weighted by Crippen LogP contribution is -1.84. The van der Waals surface area contributed by atoms with Gasteiger partial charge in [0.15, 0.2) is 0 Å². The summed E-state index contributed by atoms with van der Waals surface area (Å²) in [4.78, 5) is 59.5. The van der Waals surface area contributed by atoms with Gasteiger partial charge in [-0.3, -0.25) is 0 Å². The zero-order valence-corrected chi connectivity index (χ0v) is 11.0. The van der Waals surface area contributed by atoms with Crippen molar-refractivity contribution in [2.24, 2.45) is 0 Å². The maximum absolute atomic E-state index is 9.63. The smallest absolute Gasteiger partial charge is 0.302 e. The van der Waals surface area contributed by atoms with E-state index in [-0.39, 0.29) is 0 Å². The van der Waals surface area contributed by atoms with E-state index in [1.807, 2.05) is 0 Å². The van der Waals surface area contributed by atoms with Crippen LogP contribution < -0.4 is 0 Å². The van der Waals surface area contributed by atoms with Crippen molar-refractivity contribution in [3.05, 3.63) is 0 Å². The van der Waals surface area contributed by atoms with Crippen molar-refractivity contribution in [1.82, 2.24) is 0 Å². The van der Waals surface area contributed by atoms with Gasteiger partial charge in [-0.25, -0.2) is 9.13 Å². The van der Waals surface area contributed by atoms with Crippen LogP contribution in [0.4, 0.5) is 0 Å². The molecule has 13 nitrogen and oxygen atoms in total. The van der Waals surface area contributed by atoms with E-state index < -0.39 is 32.2 Å². The SMILES string of the molecule is O=P(O)(O)OP(=O)(O)O.O=[P+](O)O.O=[P+](O)O. The number of phosphoric acid groups is 2. The molecule has 0 heterocycles. The van der Waals surface area contributed by atoms with Crippen molar-refractivity contribution >= 4 is 32.2 Å². The number of hydrogen-bond donors (Lipinski definition) is 8. The Hall–Kier alpha value is 0.300. The Morgan fingerprint density at radius 3 is 0.824 bits per heavy atom. The fraction of sp³-hybridized carbons (Fsp3) is 0. The van der Waals surface area contributed by atoms with Gasteiger partial charge in [-0.2, -0.15) is 4.31 Å². The van der Waals surface area contributed by atoms with E-state index in [1.54, 1.807) is 0 Å². The summed E-state index contributed by atoms with van der Waals surface area (Å²) in [7, 11) is -15.8. The van der Waals surface area contributed by atoms with Gasteiger partial charge in [-0.15, -0.1) is 19.6 Å². The quantitative estimate of drug-likeness (QED) is 0.266. The maximum atomic E-state index is 9.63. The largest absolute Gasteiger partial charge is 0.692 e. The van der Waals surface area contributed by atoms with Gasteiger partial charge in [0.05, 0.1) is 0 Å². The van der Waals surface area contributed by atoms with Crippen LogP contribution in [0.25, 0.3) is 0 Å². The topological polar surface area (TPSA) is 239 Å². The van der Waals surface area contributed by atoms with Gasteiger partial charge in [-0.05, 0) is 0 Å². The Morgan fingerprint density at radius 1 is 0.706 bits per heavy atom. The Labute approximate surface area is 94.7 Å². The van der Waals surface area contributed by atoms with Crippen molar-refractivity contribution in [3.8, 4) is 0 Å². The lowest BCUT2D eigenvalue weighted by Gasteiger charge is -2.03. The predicted octanol–water partition coefficient (Wildman–Crippen LogP) is -1.55. The second kappa shape index (κ2) is 10.2. The van der Waals surface area contributed by atoms with E-state index in [4.69, 9.17) is 48.3 Å². The van der Waals surface area contributed by atoms with E-state index >= 15 is 0 Å². The van der Waals surface area contributed by atoms with Crippen molar-refractivity contribution < 1.29 is 61.7 Å². The van der Waals surface area contributed by atoms with Crippen LogP contribution in [0, 0.1) is 0 Å². The number of rotatable bonds is 2. The fourth-order valence-electron chi connectivity index (χ4n) is 0.139. The van der Waals surface area contributed by atoms with Gasteiger partial charge in [0.2, 0.25) is 0 Å². The Balaban J connectivity index is -0.000000205. The Morgan fingerprint density at radius 2 is 0.824 bits per heavy atom. The van der Waals surface area contributed by atoms with Crippen LogP contribution in [0.5, 0.6) is 0 Å². The van der Waals surface area contributed by atoms with E-state index in [9.17, 15) is 9.13 Å². The first-order valence-corrected chi connectivity index (χ1v) is 8.09. The minimum atomic E-state index is -5.05. The molecule has 0 unspecified atom stereocenters. The summed E-state index contributed by atoms with van der Waals surface area (Å²) in [5, 5.41) is 0. The minimum absolute atomic E-state index is 2.87. The lowest BCUT2D eigenvalue weighted by molar-refractivity contribution is 0.225. The summed E-state index contributed by atoms with van der Waals surface area (Å²) < 4.78 is 39.6. The molecule has 104 valence electrons. The molecule has 0 atom stereocenters. The molecule has 0 radical (unpaired) electrons. The minimum Gasteiger partial charge on any atom is -0.302 e. The third kappa shape index (κ3) is 84.0. The molecule has 0 aromatic rings. The first-order chi connectivity index (χ1) is 7.17. The summed E-state index contributed by atoms with van der Waals surface area (Å²) in [6.45, 7) is 0. The zero-order chi connectivity index (χ0) is 14.9. The molecule has 17 heteroatoms.